The summed E-state index contributed by atoms with van der Waals surface area (Å²) in [5, 5.41) is 2.37. The summed E-state index contributed by atoms with van der Waals surface area (Å²) in [6, 6.07) is 10.7. The van der Waals surface area contributed by atoms with Crippen molar-refractivity contribution in [2.75, 3.05) is 25.0 Å². The molecule has 9 heteroatoms. The molecule has 2 amide bonds. The van der Waals surface area contributed by atoms with E-state index >= 15 is 0 Å². The van der Waals surface area contributed by atoms with Gasteiger partial charge in [0.05, 0.1) is 17.8 Å². The maximum atomic E-state index is 12.8. The first-order chi connectivity index (χ1) is 14.6. The highest BCUT2D eigenvalue weighted by molar-refractivity contribution is 5.94. The number of rotatable bonds is 5. The quantitative estimate of drug-likeness (QED) is 0.770. The highest BCUT2D eigenvalue weighted by atomic mass is 19.4. The molecule has 0 aliphatic carbocycles. The summed E-state index contributed by atoms with van der Waals surface area (Å²) in [7, 11) is 0. The van der Waals surface area contributed by atoms with Crippen LogP contribution in [0.5, 0.6) is 5.75 Å². The minimum Gasteiger partial charge on any atom is -0.484 e. The molecule has 0 radical (unpaired) electrons. The number of carbonyl (C=O) groups is 2. The van der Waals surface area contributed by atoms with Gasteiger partial charge in [-0.15, -0.1) is 0 Å². The number of hydrogen-bond donors (Lipinski definition) is 1. The lowest BCUT2D eigenvalue weighted by atomic mass is 10.1. The lowest BCUT2D eigenvalue weighted by Gasteiger charge is -2.35. The molecular formula is C22H23F3N2O4. The first-order valence-corrected chi connectivity index (χ1v) is 9.76. The maximum absolute atomic E-state index is 12.8. The molecule has 1 aliphatic rings. The Kier molecular flexibility index (Phi) is 6.84. The number of halogens is 3. The van der Waals surface area contributed by atoms with Crippen LogP contribution in [0.15, 0.2) is 48.5 Å². The Balaban J connectivity index is 1.53. The van der Waals surface area contributed by atoms with Gasteiger partial charge in [-0.05, 0) is 56.3 Å². The van der Waals surface area contributed by atoms with Crippen molar-refractivity contribution in [1.29, 1.82) is 0 Å². The zero-order chi connectivity index (χ0) is 22.6. The normalized spacial score (nSPS) is 19.1. The minimum atomic E-state index is -4.49. The molecule has 0 bridgehead atoms. The standard InChI is InChI=1S/C22H23F3N2O4/c1-14-11-27(12-15(2)31-14)21(29)16-6-8-19(9-7-16)30-13-20(28)26-18-5-3-4-17(10-18)22(23,24)25/h3-10,14-15H,11-13H2,1-2H3,(H,26,28). The van der Waals surface area contributed by atoms with Gasteiger partial charge in [-0.2, -0.15) is 13.2 Å². The Morgan fingerprint density at radius 3 is 2.35 bits per heavy atom. The Bertz CT molecular complexity index is 921. The lowest BCUT2D eigenvalue weighted by molar-refractivity contribution is -0.137. The fourth-order valence-electron chi connectivity index (χ4n) is 3.34. The minimum absolute atomic E-state index is 0.0262. The van der Waals surface area contributed by atoms with Gasteiger partial charge in [0.1, 0.15) is 5.75 Å². The van der Waals surface area contributed by atoms with E-state index in [-0.39, 0.29) is 30.4 Å². The molecule has 0 aromatic heterocycles. The third kappa shape index (κ3) is 6.21. The van der Waals surface area contributed by atoms with Crippen LogP contribution in [0.25, 0.3) is 0 Å². The molecule has 0 spiro atoms. The summed E-state index contributed by atoms with van der Waals surface area (Å²) in [5.74, 6) is -0.355. The van der Waals surface area contributed by atoms with Crippen molar-refractivity contribution < 1.29 is 32.2 Å². The Morgan fingerprint density at radius 2 is 1.74 bits per heavy atom. The highest BCUT2D eigenvalue weighted by Gasteiger charge is 2.30. The fraction of sp³-hybridized carbons (Fsp3) is 0.364. The summed E-state index contributed by atoms with van der Waals surface area (Å²) < 4.78 is 49.3. The molecule has 2 atom stereocenters. The summed E-state index contributed by atoms with van der Waals surface area (Å²) in [4.78, 5) is 26.4. The van der Waals surface area contributed by atoms with Gasteiger partial charge in [0.2, 0.25) is 0 Å². The first kappa shape index (κ1) is 22.6. The van der Waals surface area contributed by atoms with Gasteiger partial charge >= 0.3 is 6.18 Å². The second-order valence-electron chi connectivity index (χ2n) is 7.41. The predicted octanol–water partition coefficient (Wildman–Crippen LogP) is 3.97. The average Bonchev–Trinajstić information content (AvgIpc) is 2.71. The maximum Gasteiger partial charge on any atom is 0.416 e. The summed E-state index contributed by atoms with van der Waals surface area (Å²) in [5.41, 5.74) is -0.337. The van der Waals surface area contributed by atoms with E-state index in [0.717, 1.165) is 12.1 Å². The van der Waals surface area contributed by atoms with Crippen LogP contribution in [0.1, 0.15) is 29.8 Å². The van der Waals surface area contributed by atoms with Crippen LogP contribution in [0.2, 0.25) is 0 Å². The van der Waals surface area contributed by atoms with Gasteiger partial charge in [-0.1, -0.05) is 6.07 Å². The molecule has 31 heavy (non-hydrogen) atoms. The summed E-state index contributed by atoms with van der Waals surface area (Å²) in [6.07, 6.45) is -4.57. The number of anilines is 1. The molecule has 3 rings (SSSR count). The highest BCUT2D eigenvalue weighted by Crippen LogP contribution is 2.30. The zero-order valence-electron chi connectivity index (χ0n) is 17.1. The van der Waals surface area contributed by atoms with Crippen LogP contribution < -0.4 is 10.1 Å². The average molecular weight is 436 g/mol. The van der Waals surface area contributed by atoms with Crippen LogP contribution in [0, 0.1) is 0 Å². The first-order valence-electron chi connectivity index (χ1n) is 9.76. The lowest BCUT2D eigenvalue weighted by Crippen LogP contribution is -2.48. The van der Waals surface area contributed by atoms with Gasteiger partial charge in [0, 0.05) is 24.3 Å². The number of carbonyl (C=O) groups excluding carboxylic acids is 2. The number of amides is 2. The predicted molar refractivity (Wildman–Crippen MR) is 108 cm³/mol. The van der Waals surface area contributed by atoms with E-state index in [2.05, 4.69) is 5.32 Å². The number of ether oxygens (including phenoxy) is 2. The molecule has 1 N–H and O–H groups in total. The second kappa shape index (κ2) is 9.38. The summed E-state index contributed by atoms with van der Waals surface area (Å²) in [6.45, 7) is 4.46. The Morgan fingerprint density at radius 1 is 1.10 bits per heavy atom. The van der Waals surface area contributed by atoms with Gasteiger partial charge in [-0.3, -0.25) is 9.59 Å². The number of nitrogens with zero attached hydrogens (tertiary/aromatic N) is 1. The zero-order valence-corrected chi connectivity index (χ0v) is 17.1. The van der Waals surface area contributed by atoms with Gasteiger partial charge in [-0.25, -0.2) is 0 Å². The number of benzene rings is 2. The number of morpholine rings is 1. The molecule has 166 valence electrons. The van der Waals surface area contributed by atoms with E-state index in [1.807, 2.05) is 13.8 Å². The van der Waals surface area contributed by atoms with Gasteiger partial charge in [0.15, 0.2) is 6.61 Å². The van der Waals surface area contributed by atoms with E-state index in [1.165, 1.54) is 12.1 Å². The van der Waals surface area contributed by atoms with Crippen molar-refractivity contribution in [2.24, 2.45) is 0 Å². The van der Waals surface area contributed by atoms with Crippen molar-refractivity contribution in [2.45, 2.75) is 32.2 Å². The third-order valence-corrected chi connectivity index (χ3v) is 4.65. The third-order valence-electron chi connectivity index (χ3n) is 4.65. The van der Waals surface area contributed by atoms with E-state index < -0.39 is 17.6 Å². The van der Waals surface area contributed by atoms with Gasteiger partial charge in [0.25, 0.3) is 11.8 Å². The molecule has 2 aromatic carbocycles. The monoisotopic (exact) mass is 436 g/mol. The number of hydrogen-bond acceptors (Lipinski definition) is 4. The Hall–Kier alpha value is -3.07. The number of nitrogens with one attached hydrogen (secondary N) is 1. The molecule has 0 saturated carbocycles. The second-order valence-corrected chi connectivity index (χ2v) is 7.41. The molecular weight excluding hydrogens is 413 g/mol. The number of alkyl halides is 3. The summed E-state index contributed by atoms with van der Waals surface area (Å²) >= 11 is 0. The fourth-order valence-corrected chi connectivity index (χ4v) is 3.34. The van der Waals surface area contributed by atoms with Crippen LogP contribution >= 0.6 is 0 Å². The topological polar surface area (TPSA) is 67.9 Å². The molecule has 1 heterocycles. The van der Waals surface area contributed by atoms with Crippen molar-refractivity contribution in [3.8, 4) is 5.75 Å². The molecule has 1 fully saturated rings. The van der Waals surface area contributed by atoms with Crippen molar-refractivity contribution >= 4 is 17.5 Å². The Labute approximate surface area is 177 Å². The van der Waals surface area contributed by atoms with Crippen molar-refractivity contribution in [1.82, 2.24) is 4.90 Å². The van der Waals surface area contributed by atoms with Crippen LogP contribution in [0.3, 0.4) is 0 Å². The van der Waals surface area contributed by atoms with Crippen LogP contribution in [0.4, 0.5) is 18.9 Å². The molecule has 2 unspecified atom stereocenters. The molecule has 1 saturated heterocycles. The van der Waals surface area contributed by atoms with Crippen molar-refractivity contribution in [3.05, 3.63) is 59.7 Å². The molecule has 2 aromatic rings. The van der Waals surface area contributed by atoms with E-state index in [4.69, 9.17) is 9.47 Å². The molecule has 6 nitrogen and oxygen atoms in total. The van der Waals surface area contributed by atoms with Gasteiger partial charge < -0.3 is 19.7 Å². The smallest absolute Gasteiger partial charge is 0.416 e. The SMILES string of the molecule is CC1CN(C(=O)c2ccc(OCC(=O)Nc3cccc(C(F)(F)F)c3)cc2)CC(C)O1. The van der Waals surface area contributed by atoms with E-state index in [1.54, 1.807) is 29.2 Å². The van der Waals surface area contributed by atoms with E-state index in [0.29, 0.717) is 24.4 Å². The van der Waals surface area contributed by atoms with Crippen LogP contribution in [-0.2, 0) is 15.7 Å². The largest absolute Gasteiger partial charge is 0.484 e. The van der Waals surface area contributed by atoms with Crippen LogP contribution in [-0.4, -0.2) is 48.6 Å². The van der Waals surface area contributed by atoms with E-state index in [9.17, 15) is 22.8 Å². The van der Waals surface area contributed by atoms with Crippen molar-refractivity contribution in [3.63, 3.8) is 0 Å². The molecule has 1 aliphatic heterocycles.